The molecule has 3 aromatic carbocycles. The molecule has 1 aliphatic carbocycles. The van der Waals surface area contributed by atoms with Gasteiger partial charge in [0, 0.05) is 22.4 Å². The molecule has 0 spiro atoms. The normalized spacial score (nSPS) is 15.2. The van der Waals surface area contributed by atoms with Gasteiger partial charge in [-0.2, -0.15) is 0 Å². The average molecular weight is 283 g/mol. The van der Waals surface area contributed by atoms with E-state index in [1.807, 2.05) is 6.20 Å². The van der Waals surface area contributed by atoms with E-state index >= 15 is 0 Å². The maximum atomic E-state index is 3.40. The van der Waals surface area contributed by atoms with E-state index in [9.17, 15) is 0 Å². The van der Waals surface area contributed by atoms with E-state index in [0.29, 0.717) is 0 Å². The highest BCUT2D eigenvalue weighted by atomic mass is 14.7. The van der Waals surface area contributed by atoms with E-state index in [0.717, 1.165) is 0 Å². The number of nitrogens with one attached hydrogen (secondary N) is 1. The van der Waals surface area contributed by atoms with Crippen molar-refractivity contribution in [2.75, 3.05) is 0 Å². The first-order chi connectivity index (χ1) is 10.7. The van der Waals surface area contributed by atoms with Gasteiger partial charge in [-0.05, 0) is 33.7 Å². The minimum absolute atomic E-state index is 0.0742. The first-order valence-electron chi connectivity index (χ1n) is 7.81. The van der Waals surface area contributed by atoms with Crippen LogP contribution in [0.4, 0.5) is 0 Å². The minimum atomic E-state index is 0.0742. The number of hydrogen-bond acceptors (Lipinski definition) is 0. The Bertz CT molecular complexity index is 1050. The van der Waals surface area contributed by atoms with Crippen LogP contribution in [0.15, 0.2) is 60.8 Å². The Morgan fingerprint density at radius 1 is 0.773 bits per heavy atom. The molecular formula is C21H17N. The topological polar surface area (TPSA) is 15.8 Å². The zero-order valence-electron chi connectivity index (χ0n) is 12.8. The van der Waals surface area contributed by atoms with Crippen LogP contribution >= 0.6 is 0 Å². The molecule has 0 amide bonds. The summed E-state index contributed by atoms with van der Waals surface area (Å²) in [5, 5.41) is 3.94. The molecule has 0 radical (unpaired) electrons. The van der Waals surface area contributed by atoms with Crippen molar-refractivity contribution in [2.45, 2.75) is 19.3 Å². The summed E-state index contributed by atoms with van der Waals surface area (Å²) in [4.78, 5) is 3.40. The van der Waals surface area contributed by atoms with E-state index in [4.69, 9.17) is 0 Å². The summed E-state index contributed by atoms with van der Waals surface area (Å²) in [6, 6.07) is 20.1. The molecule has 0 saturated carbocycles. The van der Waals surface area contributed by atoms with Crippen molar-refractivity contribution < 1.29 is 0 Å². The molecule has 0 aliphatic heterocycles. The predicted molar refractivity (Wildman–Crippen MR) is 93.4 cm³/mol. The van der Waals surface area contributed by atoms with E-state index in [1.165, 1.54) is 43.9 Å². The number of hydrogen-bond donors (Lipinski definition) is 1. The molecule has 0 unspecified atom stereocenters. The third-order valence-corrected chi connectivity index (χ3v) is 5.27. The van der Waals surface area contributed by atoms with Gasteiger partial charge >= 0.3 is 0 Å². The Labute approximate surface area is 129 Å². The quantitative estimate of drug-likeness (QED) is 0.430. The SMILES string of the molecule is CC1(C)c2ccccc2-c2c1ccc1c2ccc2cc[nH]c21. The Morgan fingerprint density at radius 2 is 1.59 bits per heavy atom. The third kappa shape index (κ3) is 1.29. The molecule has 1 aliphatic rings. The second-order valence-corrected chi connectivity index (χ2v) is 6.76. The van der Waals surface area contributed by atoms with Crippen LogP contribution in [0.3, 0.4) is 0 Å². The van der Waals surface area contributed by atoms with Crippen molar-refractivity contribution >= 4 is 21.7 Å². The second kappa shape index (κ2) is 3.80. The van der Waals surface area contributed by atoms with Crippen molar-refractivity contribution in [3.63, 3.8) is 0 Å². The smallest absolute Gasteiger partial charge is 0.0533 e. The Hall–Kier alpha value is -2.54. The van der Waals surface area contributed by atoms with Crippen LogP contribution in [0.5, 0.6) is 0 Å². The zero-order chi connectivity index (χ0) is 14.9. The number of aromatic amines is 1. The number of benzene rings is 3. The molecule has 22 heavy (non-hydrogen) atoms. The first-order valence-corrected chi connectivity index (χ1v) is 7.81. The van der Waals surface area contributed by atoms with Gasteiger partial charge in [0.25, 0.3) is 0 Å². The van der Waals surface area contributed by atoms with Crippen LogP contribution < -0.4 is 0 Å². The number of aromatic nitrogens is 1. The lowest BCUT2D eigenvalue weighted by molar-refractivity contribution is 0.661. The lowest BCUT2D eigenvalue weighted by Gasteiger charge is -2.21. The molecule has 106 valence electrons. The molecule has 1 nitrogen and oxygen atoms in total. The Balaban J connectivity index is 2.02. The van der Waals surface area contributed by atoms with Crippen LogP contribution in [0.1, 0.15) is 25.0 Å². The monoisotopic (exact) mass is 283 g/mol. The highest BCUT2D eigenvalue weighted by molar-refractivity contribution is 6.12. The number of fused-ring (bicyclic) bond motifs is 7. The summed E-state index contributed by atoms with van der Waals surface area (Å²) in [5.74, 6) is 0. The Kier molecular flexibility index (Phi) is 2.08. The summed E-state index contributed by atoms with van der Waals surface area (Å²) < 4.78 is 0. The molecule has 4 aromatic rings. The molecule has 1 heterocycles. The van der Waals surface area contributed by atoms with Crippen LogP contribution in [-0.2, 0) is 5.41 Å². The van der Waals surface area contributed by atoms with Gasteiger partial charge < -0.3 is 4.98 Å². The van der Waals surface area contributed by atoms with E-state index in [2.05, 4.69) is 73.4 Å². The van der Waals surface area contributed by atoms with E-state index < -0.39 is 0 Å². The summed E-state index contributed by atoms with van der Waals surface area (Å²) in [5.41, 5.74) is 6.98. The zero-order valence-corrected chi connectivity index (χ0v) is 12.8. The predicted octanol–water partition coefficient (Wildman–Crippen LogP) is 5.63. The van der Waals surface area contributed by atoms with Gasteiger partial charge in [0.2, 0.25) is 0 Å². The fourth-order valence-corrected chi connectivity index (χ4v) is 4.14. The third-order valence-electron chi connectivity index (χ3n) is 5.27. The van der Waals surface area contributed by atoms with Crippen molar-refractivity contribution in [1.82, 2.24) is 4.98 Å². The van der Waals surface area contributed by atoms with Gasteiger partial charge in [-0.3, -0.25) is 0 Å². The summed E-state index contributed by atoms with van der Waals surface area (Å²) in [6.45, 7) is 4.66. The van der Waals surface area contributed by atoms with Gasteiger partial charge in [-0.25, -0.2) is 0 Å². The maximum Gasteiger partial charge on any atom is 0.0533 e. The molecule has 0 fully saturated rings. The molecule has 1 aromatic heterocycles. The summed E-state index contributed by atoms with van der Waals surface area (Å²) in [7, 11) is 0. The van der Waals surface area contributed by atoms with Gasteiger partial charge in [0.05, 0.1) is 5.52 Å². The fourth-order valence-electron chi connectivity index (χ4n) is 4.14. The summed E-state index contributed by atoms with van der Waals surface area (Å²) in [6.07, 6.45) is 2.02. The largest absolute Gasteiger partial charge is 0.361 e. The van der Waals surface area contributed by atoms with Gasteiger partial charge in [-0.1, -0.05) is 62.4 Å². The van der Waals surface area contributed by atoms with Crippen molar-refractivity contribution in [1.29, 1.82) is 0 Å². The molecule has 1 heteroatoms. The van der Waals surface area contributed by atoms with E-state index in [-0.39, 0.29) is 5.41 Å². The van der Waals surface area contributed by atoms with Crippen molar-refractivity contribution in [2.24, 2.45) is 0 Å². The minimum Gasteiger partial charge on any atom is -0.361 e. The maximum absolute atomic E-state index is 3.40. The fraction of sp³-hybridized carbons (Fsp3) is 0.143. The highest BCUT2D eigenvalue weighted by Gasteiger charge is 2.36. The number of H-pyrrole nitrogens is 1. The molecule has 0 saturated heterocycles. The van der Waals surface area contributed by atoms with Gasteiger partial charge in [0.15, 0.2) is 0 Å². The van der Waals surface area contributed by atoms with Crippen LogP contribution in [0, 0.1) is 0 Å². The lowest BCUT2D eigenvalue weighted by atomic mass is 9.82. The molecule has 1 N–H and O–H groups in total. The highest BCUT2D eigenvalue weighted by Crippen LogP contribution is 2.51. The molecule has 0 atom stereocenters. The average Bonchev–Trinajstić information content (AvgIpc) is 3.10. The van der Waals surface area contributed by atoms with Crippen molar-refractivity contribution in [3.8, 4) is 11.1 Å². The van der Waals surface area contributed by atoms with Crippen LogP contribution in [-0.4, -0.2) is 4.98 Å². The van der Waals surface area contributed by atoms with Gasteiger partial charge in [0.1, 0.15) is 0 Å². The standard InChI is InChI=1S/C21H17N/c1-21(2)17-6-4-3-5-16(17)19-14-8-7-13-11-12-22-20(13)15(14)9-10-18(19)21/h3-12,22H,1-2H3. The summed E-state index contributed by atoms with van der Waals surface area (Å²) >= 11 is 0. The van der Waals surface area contributed by atoms with Crippen LogP contribution in [0.2, 0.25) is 0 Å². The Morgan fingerprint density at radius 3 is 2.50 bits per heavy atom. The van der Waals surface area contributed by atoms with Gasteiger partial charge in [-0.15, -0.1) is 0 Å². The molecule has 0 bridgehead atoms. The van der Waals surface area contributed by atoms with Crippen LogP contribution in [0.25, 0.3) is 32.8 Å². The molecule has 5 rings (SSSR count). The van der Waals surface area contributed by atoms with Crippen molar-refractivity contribution in [3.05, 3.63) is 71.9 Å². The molecular weight excluding hydrogens is 266 g/mol. The first kappa shape index (κ1) is 12.0. The van der Waals surface area contributed by atoms with E-state index in [1.54, 1.807) is 0 Å². The number of rotatable bonds is 0. The lowest BCUT2D eigenvalue weighted by Crippen LogP contribution is -2.14. The second-order valence-electron chi connectivity index (χ2n) is 6.76.